The van der Waals surface area contributed by atoms with Crippen LogP contribution in [0.5, 0.6) is 5.75 Å². The van der Waals surface area contributed by atoms with Crippen molar-refractivity contribution in [1.82, 2.24) is 10.2 Å². The molecule has 156 valence electrons. The molecule has 30 heavy (non-hydrogen) atoms. The predicted octanol–water partition coefficient (Wildman–Crippen LogP) is 5.35. The number of halogens is 2. The minimum Gasteiger partial charge on any atom is -0.506 e. The van der Waals surface area contributed by atoms with Crippen LogP contribution in [0.1, 0.15) is 22.8 Å². The van der Waals surface area contributed by atoms with Gasteiger partial charge in [-0.3, -0.25) is 5.32 Å². The molecular weight excluding hydrogens is 451 g/mol. The second-order valence-corrected chi connectivity index (χ2v) is 7.85. The van der Waals surface area contributed by atoms with Crippen molar-refractivity contribution in [3.63, 3.8) is 0 Å². The number of phenols is 1. The number of carbonyl (C=O) groups is 2. The van der Waals surface area contributed by atoms with Crippen LogP contribution in [0.3, 0.4) is 0 Å². The van der Waals surface area contributed by atoms with Crippen molar-refractivity contribution in [2.75, 3.05) is 17.2 Å². The van der Waals surface area contributed by atoms with Crippen LogP contribution in [0.2, 0.25) is 10.0 Å². The molecule has 2 aromatic carbocycles. The summed E-state index contributed by atoms with van der Waals surface area (Å²) in [6, 6.07) is 7.17. The predicted molar refractivity (Wildman–Crippen MR) is 117 cm³/mol. The van der Waals surface area contributed by atoms with E-state index in [4.69, 9.17) is 27.9 Å². The molecule has 0 fully saturated rings. The number of amides is 2. The first kappa shape index (κ1) is 21.8. The Labute approximate surface area is 185 Å². The van der Waals surface area contributed by atoms with E-state index in [0.29, 0.717) is 32.4 Å². The molecule has 0 aliphatic rings. The third-order valence-electron chi connectivity index (χ3n) is 3.89. The van der Waals surface area contributed by atoms with Crippen molar-refractivity contribution in [2.24, 2.45) is 0 Å². The number of hydrogen-bond acceptors (Lipinski definition) is 7. The Kier molecular flexibility index (Phi) is 6.76. The molecule has 2 amide bonds. The maximum Gasteiger partial charge on any atom is 0.338 e. The third-order valence-corrected chi connectivity index (χ3v) is 5.27. The zero-order valence-corrected chi connectivity index (χ0v) is 18.2. The fourth-order valence-corrected chi connectivity index (χ4v) is 3.76. The molecule has 3 aromatic rings. The van der Waals surface area contributed by atoms with Gasteiger partial charge in [0.25, 0.3) is 0 Å². The van der Waals surface area contributed by atoms with Crippen LogP contribution in [-0.2, 0) is 4.74 Å². The van der Waals surface area contributed by atoms with Crippen LogP contribution in [0.4, 0.5) is 15.6 Å². The molecule has 0 unspecified atom stereocenters. The Hall–Kier alpha value is -2.88. The fourth-order valence-electron chi connectivity index (χ4n) is 2.51. The molecule has 3 rings (SSSR count). The Bertz CT molecular complexity index is 1120. The number of hydrogen-bond donors (Lipinski definition) is 3. The molecule has 0 radical (unpaired) electrons. The molecular formula is C19H16Cl2N4O4S. The smallest absolute Gasteiger partial charge is 0.338 e. The summed E-state index contributed by atoms with van der Waals surface area (Å²) in [4.78, 5) is 24.1. The van der Waals surface area contributed by atoms with Crippen molar-refractivity contribution in [1.29, 1.82) is 0 Å². The molecule has 11 heteroatoms. The minimum absolute atomic E-state index is 0.0849. The van der Waals surface area contributed by atoms with Gasteiger partial charge >= 0.3 is 12.0 Å². The summed E-state index contributed by atoms with van der Waals surface area (Å²) in [5.74, 6) is -0.604. The second-order valence-electron chi connectivity index (χ2n) is 6.03. The van der Waals surface area contributed by atoms with Gasteiger partial charge in [-0.2, -0.15) is 0 Å². The zero-order chi connectivity index (χ0) is 21.8. The first-order chi connectivity index (χ1) is 14.3. The highest BCUT2D eigenvalue weighted by Crippen LogP contribution is 2.39. The summed E-state index contributed by atoms with van der Waals surface area (Å²) < 4.78 is 4.96. The Morgan fingerprint density at radius 1 is 1.17 bits per heavy atom. The number of ether oxygens (including phenoxy) is 1. The lowest BCUT2D eigenvalue weighted by molar-refractivity contribution is 0.0526. The largest absolute Gasteiger partial charge is 0.506 e. The van der Waals surface area contributed by atoms with Gasteiger partial charge in [0.15, 0.2) is 5.01 Å². The number of aromatic nitrogens is 2. The number of rotatable bonds is 5. The molecule has 0 saturated heterocycles. The van der Waals surface area contributed by atoms with E-state index in [0.717, 1.165) is 11.3 Å². The lowest BCUT2D eigenvalue weighted by Crippen LogP contribution is -2.20. The summed E-state index contributed by atoms with van der Waals surface area (Å²) in [6.45, 7) is 3.77. The second kappa shape index (κ2) is 9.29. The quantitative estimate of drug-likeness (QED) is 0.436. The first-order valence-electron chi connectivity index (χ1n) is 8.66. The van der Waals surface area contributed by atoms with Gasteiger partial charge < -0.3 is 15.2 Å². The molecule has 0 atom stereocenters. The Morgan fingerprint density at radius 2 is 1.93 bits per heavy atom. The maximum atomic E-state index is 12.3. The first-order valence-corrected chi connectivity index (χ1v) is 10.2. The number of aryl methyl sites for hydroxylation is 1. The third kappa shape index (κ3) is 4.99. The molecule has 1 heterocycles. The average molecular weight is 467 g/mol. The van der Waals surface area contributed by atoms with Crippen molar-refractivity contribution in [2.45, 2.75) is 13.8 Å². The molecule has 1 aromatic heterocycles. The topological polar surface area (TPSA) is 113 Å². The number of urea groups is 1. The zero-order valence-electron chi connectivity index (χ0n) is 15.8. The SMILES string of the molecule is CCOC(=O)c1ccc(NC(=O)Nc2nnc(-c3cc(Cl)cc(Cl)c3O)s2)c(C)c1. The molecule has 0 saturated carbocycles. The van der Waals surface area contributed by atoms with Crippen molar-refractivity contribution < 1.29 is 19.4 Å². The Morgan fingerprint density at radius 3 is 2.63 bits per heavy atom. The molecule has 0 spiro atoms. The summed E-state index contributed by atoms with van der Waals surface area (Å²) >= 11 is 12.9. The number of anilines is 2. The van der Waals surface area contributed by atoms with Gasteiger partial charge in [0.05, 0.1) is 22.8 Å². The van der Waals surface area contributed by atoms with Gasteiger partial charge in [-0.25, -0.2) is 9.59 Å². The average Bonchev–Trinajstić information content (AvgIpc) is 3.14. The van der Waals surface area contributed by atoms with E-state index < -0.39 is 12.0 Å². The summed E-state index contributed by atoms with van der Waals surface area (Å²) in [6.07, 6.45) is 0. The van der Waals surface area contributed by atoms with E-state index in [2.05, 4.69) is 20.8 Å². The highest BCUT2D eigenvalue weighted by Gasteiger charge is 2.16. The van der Waals surface area contributed by atoms with E-state index in [1.165, 1.54) is 12.1 Å². The maximum absolute atomic E-state index is 12.3. The number of benzene rings is 2. The van der Waals surface area contributed by atoms with E-state index in [9.17, 15) is 14.7 Å². The molecule has 3 N–H and O–H groups in total. The highest BCUT2D eigenvalue weighted by molar-refractivity contribution is 7.18. The van der Waals surface area contributed by atoms with E-state index in [1.807, 2.05) is 0 Å². The van der Waals surface area contributed by atoms with E-state index in [1.54, 1.807) is 32.0 Å². The molecule has 0 aliphatic heterocycles. The molecule has 0 bridgehead atoms. The van der Waals surface area contributed by atoms with Crippen LogP contribution < -0.4 is 10.6 Å². The molecule has 8 nitrogen and oxygen atoms in total. The van der Waals surface area contributed by atoms with Gasteiger partial charge in [-0.15, -0.1) is 10.2 Å². The summed E-state index contributed by atoms with van der Waals surface area (Å²) in [5.41, 5.74) is 1.91. The van der Waals surface area contributed by atoms with Gasteiger partial charge in [0.1, 0.15) is 5.75 Å². The van der Waals surface area contributed by atoms with E-state index >= 15 is 0 Å². The minimum atomic E-state index is -0.543. The van der Waals surface area contributed by atoms with Crippen LogP contribution in [0.15, 0.2) is 30.3 Å². The lowest BCUT2D eigenvalue weighted by atomic mass is 10.1. The number of aromatic hydroxyl groups is 1. The fraction of sp³-hybridized carbons (Fsp3) is 0.158. The monoisotopic (exact) mass is 466 g/mol. The van der Waals surface area contributed by atoms with Crippen molar-refractivity contribution in [3.05, 3.63) is 51.5 Å². The van der Waals surface area contributed by atoms with Gasteiger partial charge in [0.2, 0.25) is 5.13 Å². The lowest BCUT2D eigenvalue weighted by Gasteiger charge is -2.10. The Balaban J connectivity index is 1.70. The number of nitrogens with one attached hydrogen (secondary N) is 2. The standard InChI is InChI=1S/C19H16Cl2N4O4S/c1-3-29-17(27)10-4-5-14(9(2)6-10)22-18(28)23-19-25-24-16(30-19)12-7-11(20)8-13(21)15(12)26/h4-8,26H,3H2,1-2H3,(H2,22,23,25,28). The van der Waals surface area contributed by atoms with Crippen LogP contribution in [-0.4, -0.2) is 33.9 Å². The summed E-state index contributed by atoms with van der Waals surface area (Å²) in [7, 11) is 0. The van der Waals surface area contributed by atoms with Gasteiger partial charge in [-0.05, 0) is 49.7 Å². The molecule has 0 aliphatic carbocycles. The van der Waals surface area contributed by atoms with Gasteiger partial charge in [-0.1, -0.05) is 34.5 Å². The van der Waals surface area contributed by atoms with Gasteiger partial charge in [0, 0.05) is 10.7 Å². The number of phenolic OH excluding ortho intramolecular Hbond substituents is 1. The van der Waals surface area contributed by atoms with Crippen LogP contribution in [0.25, 0.3) is 10.6 Å². The van der Waals surface area contributed by atoms with Crippen LogP contribution in [0, 0.1) is 6.92 Å². The number of carbonyl (C=O) groups excluding carboxylic acids is 2. The number of nitrogens with zero attached hydrogens (tertiary/aromatic N) is 2. The highest BCUT2D eigenvalue weighted by atomic mass is 35.5. The van der Waals surface area contributed by atoms with Crippen molar-refractivity contribution in [3.8, 4) is 16.3 Å². The van der Waals surface area contributed by atoms with Crippen LogP contribution >= 0.6 is 34.5 Å². The van der Waals surface area contributed by atoms with E-state index in [-0.39, 0.29) is 22.5 Å². The normalized spacial score (nSPS) is 10.5. The van der Waals surface area contributed by atoms with Crippen molar-refractivity contribution >= 4 is 57.4 Å². The number of esters is 1. The summed E-state index contributed by atoms with van der Waals surface area (Å²) in [5, 5.41) is 24.2.